The van der Waals surface area contributed by atoms with E-state index < -0.39 is 24.1 Å². The molecule has 0 saturated carbocycles. The summed E-state index contributed by atoms with van der Waals surface area (Å²) in [6.45, 7) is 0. The Morgan fingerprint density at radius 1 is 1.08 bits per heavy atom. The lowest BCUT2D eigenvalue weighted by Crippen LogP contribution is -2.11. The van der Waals surface area contributed by atoms with Gasteiger partial charge in [0.05, 0.1) is 6.42 Å². The third-order valence-electron chi connectivity index (χ3n) is 1.44. The van der Waals surface area contributed by atoms with Crippen LogP contribution in [0.2, 0.25) is 0 Å². The summed E-state index contributed by atoms with van der Waals surface area (Å²) in [5, 5.41) is 17.7. The summed E-state index contributed by atoms with van der Waals surface area (Å²) in [5.74, 6) is -0.965. The van der Waals surface area contributed by atoms with Gasteiger partial charge in [0.1, 0.15) is 0 Å². The van der Waals surface area contributed by atoms with E-state index in [4.69, 9.17) is 10.2 Å². The minimum atomic E-state index is -4.30. The standard InChI is InChI=1S/C8H7F3O2/c9-8(10,11)4-5-1-2-6(12)7(13)3-5/h1-3,12-13H,4H2. The van der Waals surface area contributed by atoms with Gasteiger partial charge in [-0.2, -0.15) is 13.2 Å². The molecule has 0 unspecified atom stereocenters. The van der Waals surface area contributed by atoms with Crippen LogP contribution >= 0.6 is 0 Å². The highest BCUT2D eigenvalue weighted by atomic mass is 19.4. The topological polar surface area (TPSA) is 40.5 Å². The third-order valence-corrected chi connectivity index (χ3v) is 1.44. The number of phenols is 2. The van der Waals surface area contributed by atoms with Crippen molar-refractivity contribution in [3.05, 3.63) is 23.8 Å². The number of benzene rings is 1. The first-order valence-electron chi connectivity index (χ1n) is 3.46. The number of hydrogen-bond acceptors (Lipinski definition) is 2. The van der Waals surface area contributed by atoms with Gasteiger partial charge >= 0.3 is 6.18 Å². The maximum absolute atomic E-state index is 11.8. The normalized spacial score (nSPS) is 11.6. The van der Waals surface area contributed by atoms with E-state index in [0.717, 1.165) is 18.2 Å². The van der Waals surface area contributed by atoms with Gasteiger partial charge in [0.2, 0.25) is 0 Å². The van der Waals surface area contributed by atoms with Crippen LogP contribution in [0.15, 0.2) is 18.2 Å². The van der Waals surface area contributed by atoms with Crippen molar-refractivity contribution in [2.45, 2.75) is 12.6 Å². The van der Waals surface area contributed by atoms with E-state index in [1.165, 1.54) is 0 Å². The summed E-state index contributed by atoms with van der Waals surface area (Å²) >= 11 is 0. The summed E-state index contributed by atoms with van der Waals surface area (Å²) in [5.41, 5.74) is -0.0807. The Hall–Kier alpha value is -1.39. The predicted molar refractivity (Wildman–Crippen MR) is 39.5 cm³/mol. The van der Waals surface area contributed by atoms with Crippen molar-refractivity contribution in [1.82, 2.24) is 0 Å². The number of alkyl halides is 3. The molecule has 0 radical (unpaired) electrons. The fraction of sp³-hybridized carbons (Fsp3) is 0.250. The van der Waals surface area contributed by atoms with Gasteiger partial charge in [-0.25, -0.2) is 0 Å². The quantitative estimate of drug-likeness (QED) is 0.669. The zero-order valence-electron chi connectivity index (χ0n) is 6.47. The third kappa shape index (κ3) is 2.85. The van der Waals surface area contributed by atoms with Crippen LogP contribution in [0.1, 0.15) is 5.56 Å². The number of phenolic OH excluding ortho intramolecular Hbond substituents is 2. The lowest BCUT2D eigenvalue weighted by Gasteiger charge is -2.06. The van der Waals surface area contributed by atoms with Crippen molar-refractivity contribution in [2.75, 3.05) is 0 Å². The molecule has 0 spiro atoms. The molecule has 0 fully saturated rings. The summed E-state index contributed by atoms with van der Waals surface area (Å²) < 4.78 is 35.5. The molecule has 1 aromatic carbocycles. The second kappa shape index (κ2) is 3.16. The fourth-order valence-corrected chi connectivity index (χ4v) is 0.910. The van der Waals surface area contributed by atoms with E-state index >= 15 is 0 Å². The molecule has 1 aromatic rings. The molecule has 0 amide bonds. The highest BCUT2D eigenvalue weighted by Crippen LogP contribution is 2.28. The maximum atomic E-state index is 11.8. The number of hydrogen-bond donors (Lipinski definition) is 2. The largest absolute Gasteiger partial charge is 0.504 e. The molecular formula is C8H7F3O2. The molecule has 0 aliphatic heterocycles. The highest BCUT2D eigenvalue weighted by Gasteiger charge is 2.27. The zero-order valence-corrected chi connectivity index (χ0v) is 6.47. The van der Waals surface area contributed by atoms with Crippen LogP contribution in [0.5, 0.6) is 11.5 Å². The predicted octanol–water partition coefficient (Wildman–Crippen LogP) is 2.20. The fourth-order valence-electron chi connectivity index (χ4n) is 0.910. The van der Waals surface area contributed by atoms with Crippen LogP contribution in [0.4, 0.5) is 13.2 Å². The van der Waals surface area contributed by atoms with Crippen molar-refractivity contribution >= 4 is 0 Å². The molecule has 2 nitrogen and oxygen atoms in total. The van der Waals surface area contributed by atoms with Gasteiger partial charge in [-0.05, 0) is 17.7 Å². The summed E-state index contributed by atoms with van der Waals surface area (Å²) in [7, 11) is 0. The van der Waals surface area contributed by atoms with Crippen LogP contribution in [0, 0.1) is 0 Å². The van der Waals surface area contributed by atoms with E-state index in [1.807, 2.05) is 0 Å². The van der Waals surface area contributed by atoms with Gasteiger partial charge in [0.15, 0.2) is 11.5 Å². The van der Waals surface area contributed by atoms with E-state index in [9.17, 15) is 13.2 Å². The van der Waals surface area contributed by atoms with Gasteiger partial charge in [-0.1, -0.05) is 6.07 Å². The summed E-state index contributed by atoms with van der Waals surface area (Å²) in [6.07, 6.45) is -5.41. The number of rotatable bonds is 1. The minimum absolute atomic E-state index is 0.0807. The minimum Gasteiger partial charge on any atom is -0.504 e. The Morgan fingerprint density at radius 2 is 1.69 bits per heavy atom. The molecule has 0 saturated heterocycles. The smallest absolute Gasteiger partial charge is 0.393 e. The Labute approximate surface area is 72.2 Å². The van der Waals surface area contributed by atoms with Gasteiger partial charge in [-0.15, -0.1) is 0 Å². The average Bonchev–Trinajstić information content (AvgIpc) is 1.94. The molecule has 1 rings (SSSR count). The van der Waals surface area contributed by atoms with Crippen LogP contribution in [0.3, 0.4) is 0 Å². The van der Waals surface area contributed by atoms with Gasteiger partial charge in [0, 0.05) is 0 Å². The van der Waals surface area contributed by atoms with Crippen molar-refractivity contribution < 1.29 is 23.4 Å². The lowest BCUT2D eigenvalue weighted by atomic mass is 10.1. The molecular weight excluding hydrogens is 185 g/mol. The Kier molecular flexibility index (Phi) is 2.36. The first kappa shape index (κ1) is 9.70. The van der Waals surface area contributed by atoms with Crippen LogP contribution < -0.4 is 0 Å². The van der Waals surface area contributed by atoms with Crippen LogP contribution in [0.25, 0.3) is 0 Å². The van der Waals surface area contributed by atoms with Crippen LogP contribution in [-0.2, 0) is 6.42 Å². The van der Waals surface area contributed by atoms with Gasteiger partial charge < -0.3 is 10.2 Å². The van der Waals surface area contributed by atoms with Gasteiger partial charge in [-0.3, -0.25) is 0 Å². The number of halogens is 3. The van der Waals surface area contributed by atoms with E-state index in [-0.39, 0.29) is 5.56 Å². The Bertz CT molecular complexity index is 307. The Morgan fingerprint density at radius 3 is 2.15 bits per heavy atom. The highest BCUT2D eigenvalue weighted by molar-refractivity contribution is 5.40. The Balaban J connectivity index is 2.86. The summed E-state index contributed by atoms with van der Waals surface area (Å²) in [6, 6.07) is 3.03. The van der Waals surface area contributed by atoms with Crippen molar-refractivity contribution in [3.63, 3.8) is 0 Å². The zero-order chi connectivity index (χ0) is 10.1. The molecule has 13 heavy (non-hydrogen) atoms. The molecule has 0 aromatic heterocycles. The van der Waals surface area contributed by atoms with Crippen molar-refractivity contribution in [1.29, 1.82) is 0 Å². The average molecular weight is 192 g/mol. The van der Waals surface area contributed by atoms with E-state index in [2.05, 4.69) is 0 Å². The molecule has 0 aliphatic rings. The van der Waals surface area contributed by atoms with Crippen molar-refractivity contribution in [2.24, 2.45) is 0 Å². The molecule has 0 atom stereocenters. The second-order valence-electron chi connectivity index (χ2n) is 2.62. The van der Waals surface area contributed by atoms with Crippen LogP contribution in [-0.4, -0.2) is 16.4 Å². The molecule has 0 heterocycles. The molecule has 0 bridgehead atoms. The first-order valence-corrected chi connectivity index (χ1v) is 3.46. The van der Waals surface area contributed by atoms with Crippen molar-refractivity contribution in [3.8, 4) is 11.5 Å². The SMILES string of the molecule is Oc1ccc(CC(F)(F)F)cc1O. The van der Waals surface area contributed by atoms with Gasteiger partial charge in [0.25, 0.3) is 0 Å². The van der Waals surface area contributed by atoms with E-state index in [1.54, 1.807) is 0 Å². The first-order chi connectivity index (χ1) is 5.88. The molecule has 0 aliphatic carbocycles. The molecule has 5 heteroatoms. The maximum Gasteiger partial charge on any atom is 0.393 e. The monoisotopic (exact) mass is 192 g/mol. The second-order valence-corrected chi connectivity index (χ2v) is 2.62. The number of aromatic hydroxyl groups is 2. The lowest BCUT2D eigenvalue weighted by molar-refractivity contribution is -0.127. The molecule has 2 N–H and O–H groups in total. The summed E-state index contributed by atoms with van der Waals surface area (Å²) in [4.78, 5) is 0. The molecule has 72 valence electrons. The van der Waals surface area contributed by atoms with E-state index in [0.29, 0.717) is 0 Å².